The second-order valence-corrected chi connectivity index (χ2v) is 0. The number of hydrogen-bond donors (Lipinski definition) is 1. The van der Waals surface area contributed by atoms with Crippen LogP contribution in [0.3, 0.4) is 0 Å². The van der Waals surface area contributed by atoms with Crippen LogP contribution in [0.2, 0.25) is 0 Å². The summed E-state index contributed by atoms with van der Waals surface area (Å²) < 4.78 is 0. The quantitative estimate of drug-likeness (QED) is 0.409. The molecule has 0 unspecified atom stereocenters. The fourth-order valence-electron chi connectivity index (χ4n) is 0. The van der Waals surface area contributed by atoms with Crippen molar-refractivity contribution in [2.45, 2.75) is 0 Å². The zero-order valence-electron chi connectivity index (χ0n) is 5.58. The van der Waals surface area contributed by atoms with E-state index in [1.54, 1.807) is 0 Å². The molecule has 11 heavy (non-hydrogen) atoms. The van der Waals surface area contributed by atoms with Gasteiger partial charge in [0.15, 0.2) is 0 Å². The van der Waals surface area contributed by atoms with Crippen molar-refractivity contribution in [1.82, 2.24) is 6.15 Å². The van der Waals surface area contributed by atoms with Crippen molar-refractivity contribution in [3.05, 3.63) is 0 Å². The van der Waals surface area contributed by atoms with Crippen LogP contribution in [0.25, 0.3) is 0 Å². The number of hydrogen-bond acceptors (Lipinski definition) is 1. The summed E-state index contributed by atoms with van der Waals surface area (Å²) in [4.78, 5) is 0. The second-order valence-electron chi connectivity index (χ2n) is 0. The van der Waals surface area contributed by atoms with Gasteiger partial charge in [0.2, 0.25) is 0 Å². The Morgan fingerprint density at radius 1 is 0.455 bits per heavy atom. The van der Waals surface area contributed by atoms with Gasteiger partial charge in [0.1, 0.15) is 0 Å². The van der Waals surface area contributed by atoms with E-state index in [-0.39, 0.29) is 99.3 Å². The summed E-state index contributed by atoms with van der Waals surface area (Å²) >= 11 is 0. The van der Waals surface area contributed by atoms with Crippen molar-refractivity contribution in [3.8, 4) is 0 Å². The van der Waals surface area contributed by atoms with Crippen molar-refractivity contribution in [1.29, 1.82) is 0 Å². The van der Waals surface area contributed by atoms with Crippen LogP contribution in [0.4, 0.5) is 0 Å². The predicted molar refractivity (Wildman–Crippen MR) is 39.7 cm³/mol. The third kappa shape index (κ3) is 540. The van der Waals surface area contributed by atoms with Crippen LogP contribution in [0, 0.1) is 0 Å². The summed E-state index contributed by atoms with van der Waals surface area (Å²) in [5.74, 6) is 0. The normalized spacial score (nSPS) is 0. The molecule has 0 aromatic heterocycles. The predicted octanol–water partition coefficient (Wildman–Crippen LogP) is -10.7. The number of halogens is 3. The topological polar surface area (TPSA) is 224 Å². The third-order valence-electron chi connectivity index (χ3n) is 0. The molecular weight excluding hydrogens is 241 g/mol. The molecule has 11 heteroatoms. The molecule has 0 aromatic carbocycles. The van der Waals surface area contributed by atoms with Crippen molar-refractivity contribution in [2.24, 2.45) is 0 Å². The van der Waals surface area contributed by atoms with Gasteiger partial charge in [-0.3, -0.25) is 0 Å². The maximum atomic E-state index is 0. The van der Waals surface area contributed by atoms with Gasteiger partial charge in [-0.15, -0.1) is 12.4 Å². The first kappa shape index (κ1) is 866. The maximum Gasteiger partial charge on any atom is 2.00 e. The molecule has 0 heterocycles. The van der Waals surface area contributed by atoms with Crippen LogP contribution < -0.4 is 31.0 Å². The number of rotatable bonds is 0. The first-order chi connectivity index (χ1) is 0. The molecule has 0 aliphatic rings. The van der Waals surface area contributed by atoms with Gasteiger partial charge in [-0.1, -0.05) is 0 Å². The van der Waals surface area contributed by atoms with Crippen molar-refractivity contribution >= 4 is 35.5 Å². The minimum absolute atomic E-state index is 0. The van der Waals surface area contributed by atoms with Gasteiger partial charge >= 0.3 is 23.1 Å². The first-order valence-corrected chi connectivity index (χ1v) is 0. The van der Waals surface area contributed by atoms with Gasteiger partial charge in [0, 0.05) is 0 Å². The van der Waals surface area contributed by atoms with Crippen LogP contribution in [-0.2, 0) is 0 Å². The fraction of sp³-hybridized carbons (Fsp3) is 0. The summed E-state index contributed by atoms with van der Waals surface area (Å²) in [5.41, 5.74) is 0. The zero-order chi connectivity index (χ0) is 0. The van der Waals surface area contributed by atoms with E-state index in [4.69, 9.17) is 0 Å². The Morgan fingerprint density at radius 3 is 0.455 bits per heavy atom. The molecule has 0 amide bonds. The van der Waals surface area contributed by atoms with E-state index in [2.05, 4.69) is 0 Å². The monoisotopic (exact) mass is 255 g/mol. The average molecular weight is 257 g/mol. The van der Waals surface area contributed by atoms with E-state index in [1.807, 2.05) is 0 Å². The molecule has 15 N–H and O–H groups in total. The van der Waals surface area contributed by atoms with Crippen LogP contribution >= 0.6 is 12.4 Å². The van der Waals surface area contributed by atoms with E-state index >= 15 is 0 Å². The van der Waals surface area contributed by atoms with Gasteiger partial charge < -0.3 is 63.8 Å². The Bertz CT molecular complexity index is 17.8. The van der Waals surface area contributed by atoms with Crippen molar-refractivity contribution < 1.29 is 57.7 Å². The van der Waals surface area contributed by atoms with Crippen LogP contribution in [0.1, 0.15) is 0 Å². The van der Waals surface area contributed by atoms with E-state index in [9.17, 15) is 0 Å². The molecule has 0 aliphatic carbocycles. The van der Waals surface area contributed by atoms with Crippen molar-refractivity contribution in [3.63, 3.8) is 0 Å². The Kier molecular flexibility index (Phi) is 52200. The molecule has 0 bridgehead atoms. The van der Waals surface area contributed by atoms with Gasteiger partial charge in [0.25, 0.3) is 0 Å². The standard InChI is InChI=1S/3ClH.Mg.H3N.6H2O/h3*1H;;1H3;6*1H2/q;;;+2;;;;;;;/p-2. The molecule has 0 saturated heterocycles. The molecular formula is H16Cl3MgNO6. The maximum absolute atomic E-state index is 0. The molecule has 0 spiro atoms. The fourth-order valence-corrected chi connectivity index (χ4v) is 0. The van der Waals surface area contributed by atoms with Crippen LogP contribution in [0.15, 0.2) is 0 Å². The Hall–Kier alpha value is 1.36. The average Bonchev–Trinajstić information content (AvgIpc) is 0. The minimum atomic E-state index is 0. The molecule has 0 aromatic rings. The molecule has 0 saturated carbocycles. The van der Waals surface area contributed by atoms with Crippen molar-refractivity contribution in [2.75, 3.05) is 0 Å². The van der Waals surface area contributed by atoms with Crippen LogP contribution in [-0.4, -0.2) is 55.9 Å². The zero-order valence-corrected chi connectivity index (χ0v) is 9.32. The van der Waals surface area contributed by atoms with Gasteiger partial charge in [-0.2, -0.15) is 0 Å². The molecule has 0 aliphatic heterocycles. The molecule has 7 nitrogen and oxygen atoms in total. The summed E-state index contributed by atoms with van der Waals surface area (Å²) in [6.45, 7) is 0. The van der Waals surface area contributed by atoms with E-state index in [0.717, 1.165) is 0 Å². The summed E-state index contributed by atoms with van der Waals surface area (Å²) in [6.07, 6.45) is 0. The molecule has 0 rings (SSSR count). The minimum Gasteiger partial charge on any atom is -1.00 e. The molecule has 0 atom stereocenters. The van der Waals surface area contributed by atoms with Gasteiger partial charge in [-0.25, -0.2) is 0 Å². The van der Waals surface area contributed by atoms with Gasteiger partial charge in [-0.05, 0) is 0 Å². The van der Waals surface area contributed by atoms with Gasteiger partial charge in [0.05, 0.1) is 0 Å². The Balaban J connectivity index is 0. The first-order valence-electron chi connectivity index (χ1n) is 0. The molecule has 0 fully saturated rings. The smallest absolute Gasteiger partial charge is 1.00 e. The van der Waals surface area contributed by atoms with E-state index < -0.39 is 0 Å². The SMILES string of the molecule is Cl.N.O.O.O.O.O.O.[Cl-].[Cl-].[Mg+2]. The summed E-state index contributed by atoms with van der Waals surface area (Å²) in [5, 5.41) is 0. The second kappa shape index (κ2) is 662. The van der Waals surface area contributed by atoms with E-state index in [0.29, 0.717) is 0 Å². The molecule has 0 radical (unpaired) electrons. The largest absolute Gasteiger partial charge is 2.00 e. The third-order valence-corrected chi connectivity index (χ3v) is 0. The van der Waals surface area contributed by atoms with E-state index in [1.165, 1.54) is 0 Å². The Morgan fingerprint density at radius 2 is 0.455 bits per heavy atom. The molecule has 80 valence electrons. The Labute approximate surface area is 99.1 Å². The summed E-state index contributed by atoms with van der Waals surface area (Å²) in [6, 6.07) is 0. The van der Waals surface area contributed by atoms with Crippen LogP contribution in [0.5, 0.6) is 0 Å². The summed E-state index contributed by atoms with van der Waals surface area (Å²) in [7, 11) is 0.